The maximum absolute atomic E-state index is 11.7. The Morgan fingerprint density at radius 1 is 1.10 bits per heavy atom. The third kappa shape index (κ3) is 7.60. The van der Waals surface area contributed by atoms with Crippen LogP contribution < -0.4 is 16.0 Å². The molecular formula is C13H25N3O4. The molecule has 0 rings (SSSR count). The van der Waals surface area contributed by atoms with E-state index in [1.807, 2.05) is 20.8 Å². The van der Waals surface area contributed by atoms with Crippen molar-refractivity contribution in [3.8, 4) is 0 Å². The number of nitrogens with one attached hydrogen (secondary N) is 3. The fourth-order valence-corrected chi connectivity index (χ4v) is 1.52. The van der Waals surface area contributed by atoms with E-state index in [1.165, 1.54) is 0 Å². The third-order valence-electron chi connectivity index (χ3n) is 2.81. The molecule has 0 saturated heterocycles. The maximum atomic E-state index is 11.7. The first-order valence-corrected chi connectivity index (χ1v) is 6.84. The van der Waals surface area contributed by atoms with Crippen molar-refractivity contribution in [2.24, 2.45) is 5.92 Å². The molecule has 0 heterocycles. The zero-order chi connectivity index (χ0) is 15.7. The molecule has 0 aromatic carbocycles. The van der Waals surface area contributed by atoms with Crippen molar-refractivity contribution in [1.82, 2.24) is 16.0 Å². The number of urea groups is 1. The van der Waals surface area contributed by atoms with Crippen LogP contribution in [0, 0.1) is 5.92 Å². The lowest BCUT2D eigenvalue weighted by Crippen LogP contribution is -2.52. The smallest absolute Gasteiger partial charge is 0.315 e. The number of carboxylic acids is 1. The summed E-state index contributed by atoms with van der Waals surface area (Å²) in [5.41, 5.74) is 0. The molecule has 7 nitrogen and oxygen atoms in total. The molecule has 4 N–H and O–H groups in total. The highest BCUT2D eigenvalue weighted by Gasteiger charge is 2.21. The van der Waals surface area contributed by atoms with Gasteiger partial charge in [0.15, 0.2) is 0 Å². The average Bonchev–Trinajstić information content (AvgIpc) is 2.34. The summed E-state index contributed by atoms with van der Waals surface area (Å²) >= 11 is 0. The second-order valence-corrected chi connectivity index (χ2v) is 5.08. The Morgan fingerprint density at radius 3 is 2.15 bits per heavy atom. The number of carbonyl (C=O) groups excluding carboxylic acids is 2. The van der Waals surface area contributed by atoms with E-state index in [2.05, 4.69) is 16.0 Å². The molecule has 0 bridgehead atoms. The number of carboxylic acid groups (broad SMARTS) is 1. The molecule has 0 aromatic heterocycles. The summed E-state index contributed by atoms with van der Waals surface area (Å²) in [7, 11) is 0. The van der Waals surface area contributed by atoms with Crippen LogP contribution in [0.15, 0.2) is 0 Å². The molecule has 0 aromatic rings. The van der Waals surface area contributed by atoms with Crippen LogP contribution in [0.3, 0.4) is 0 Å². The number of hydrogen-bond acceptors (Lipinski definition) is 3. The Balaban J connectivity index is 4.31. The van der Waals surface area contributed by atoms with Gasteiger partial charge < -0.3 is 21.1 Å². The van der Waals surface area contributed by atoms with Gasteiger partial charge in [0.25, 0.3) is 0 Å². The van der Waals surface area contributed by atoms with Crippen LogP contribution in [0.5, 0.6) is 0 Å². The topological polar surface area (TPSA) is 108 Å². The summed E-state index contributed by atoms with van der Waals surface area (Å²) in [6.45, 7) is 7.72. The lowest BCUT2D eigenvalue weighted by molar-refractivity contribution is -0.137. The Bertz CT molecular complexity index is 345. The van der Waals surface area contributed by atoms with Gasteiger partial charge in [-0.3, -0.25) is 9.59 Å². The average molecular weight is 287 g/mol. The summed E-state index contributed by atoms with van der Waals surface area (Å²) in [6.07, 6.45) is 0.667. The van der Waals surface area contributed by atoms with Gasteiger partial charge in [0.1, 0.15) is 6.04 Å². The first-order valence-electron chi connectivity index (χ1n) is 6.84. The first kappa shape index (κ1) is 18.2. The molecule has 2 unspecified atom stereocenters. The van der Waals surface area contributed by atoms with Gasteiger partial charge in [0.2, 0.25) is 5.91 Å². The number of aliphatic carboxylic acids is 1. The minimum absolute atomic E-state index is 0.0129. The van der Waals surface area contributed by atoms with E-state index in [4.69, 9.17) is 5.11 Å². The highest BCUT2D eigenvalue weighted by molar-refractivity contribution is 5.86. The fourth-order valence-electron chi connectivity index (χ4n) is 1.52. The summed E-state index contributed by atoms with van der Waals surface area (Å²) in [5, 5.41) is 16.5. The maximum Gasteiger partial charge on any atom is 0.315 e. The van der Waals surface area contributed by atoms with Gasteiger partial charge in [-0.25, -0.2) is 4.79 Å². The quantitative estimate of drug-likeness (QED) is 0.527. The van der Waals surface area contributed by atoms with Gasteiger partial charge in [-0.2, -0.15) is 0 Å². The largest absolute Gasteiger partial charge is 0.481 e. The lowest BCUT2D eigenvalue weighted by Gasteiger charge is -2.22. The SMILES string of the molecule is CCCNC(=O)C(C)NC(=O)NC(CC(=O)O)C(C)C. The van der Waals surface area contributed by atoms with Gasteiger partial charge in [0, 0.05) is 12.6 Å². The van der Waals surface area contributed by atoms with E-state index in [0.29, 0.717) is 6.54 Å². The van der Waals surface area contributed by atoms with Crippen molar-refractivity contribution in [2.75, 3.05) is 6.54 Å². The van der Waals surface area contributed by atoms with Crippen molar-refractivity contribution < 1.29 is 19.5 Å². The minimum Gasteiger partial charge on any atom is -0.481 e. The van der Waals surface area contributed by atoms with Crippen LogP contribution in [0.1, 0.15) is 40.5 Å². The standard InChI is InChI=1S/C13H25N3O4/c1-5-6-14-12(19)9(4)15-13(20)16-10(8(2)3)7-11(17)18/h8-10H,5-7H2,1-4H3,(H,14,19)(H,17,18)(H2,15,16,20). The van der Waals surface area contributed by atoms with Crippen LogP contribution in [0.2, 0.25) is 0 Å². The van der Waals surface area contributed by atoms with Crippen molar-refractivity contribution in [3.05, 3.63) is 0 Å². The lowest BCUT2D eigenvalue weighted by atomic mass is 10.0. The monoisotopic (exact) mass is 287 g/mol. The van der Waals surface area contributed by atoms with E-state index in [1.54, 1.807) is 6.92 Å². The molecule has 0 aliphatic heterocycles. The van der Waals surface area contributed by atoms with Gasteiger partial charge >= 0.3 is 12.0 Å². The Hall–Kier alpha value is -1.79. The second kappa shape index (κ2) is 9.17. The zero-order valence-corrected chi connectivity index (χ0v) is 12.5. The number of hydrogen-bond donors (Lipinski definition) is 4. The summed E-state index contributed by atoms with van der Waals surface area (Å²) in [5.74, 6) is -1.25. The van der Waals surface area contributed by atoms with E-state index < -0.39 is 24.1 Å². The molecule has 0 saturated carbocycles. The van der Waals surface area contributed by atoms with Crippen molar-refractivity contribution in [2.45, 2.75) is 52.6 Å². The van der Waals surface area contributed by atoms with Crippen LogP contribution in [-0.2, 0) is 9.59 Å². The molecule has 0 aliphatic carbocycles. The summed E-state index contributed by atoms with van der Waals surface area (Å²) in [4.78, 5) is 34.0. The molecule has 3 amide bonds. The number of carbonyl (C=O) groups is 3. The zero-order valence-electron chi connectivity index (χ0n) is 12.5. The van der Waals surface area contributed by atoms with E-state index in [9.17, 15) is 14.4 Å². The van der Waals surface area contributed by atoms with Crippen molar-refractivity contribution in [1.29, 1.82) is 0 Å². The molecular weight excluding hydrogens is 262 g/mol. The van der Waals surface area contributed by atoms with Crippen LogP contribution in [-0.4, -0.2) is 41.6 Å². The predicted octanol–water partition coefficient (Wildman–Crippen LogP) is 0.700. The Morgan fingerprint density at radius 2 is 1.70 bits per heavy atom. The normalized spacial score (nSPS) is 13.4. The van der Waals surface area contributed by atoms with Gasteiger partial charge in [0.05, 0.1) is 6.42 Å². The summed E-state index contributed by atoms with van der Waals surface area (Å²) in [6, 6.07) is -1.68. The fraction of sp³-hybridized carbons (Fsp3) is 0.769. The highest BCUT2D eigenvalue weighted by Crippen LogP contribution is 2.05. The van der Waals surface area contributed by atoms with Crippen LogP contribution >= 0.6 is 0 Å². The summed E-state index contributed by atoms with van der Waals surface area (Å²) < 4.78 is 0. The van der Waals surface area contributed by atoms with E-state index in [0.717, 1.165) is 6.42 Å². The second-order valence-electron chi connectivity index (χ2n) is 5.08. The van der Waals surface area contributed by atoms with Gasteiger partial charge in [-0.1, -0.05) is 20.8 Å². The Labute approximate surface area is 119 Å². The van der Waals surface area contributed by atoms with Gasteiger partial charge in [-0.05, 0) is 19.3 Å². The highest BCUT2D eigenvalue weighted by atomic mass is 16.4. The Kier molecular flexibility index (Phi) is 8.35. The van der Waals surface area contributed by atoms with Crippen LogP contribution in [0.4, 0.5) is 4.79 Å². The minimum atomic E-state index is -0.974. The molecule has 20 heavy (non-hydrogen) atoms. The predicted molar refractivity (Wildman–Crippen MR) is 75.3 cm³/mol. The molecule has 2 atom stereocenters. The van der Waals surface area contributed by atoms with Crippen molar-refractivity contribution in [3.63, 3.8) is 0 Å². The molecule has 116 valence electrons. The molecule has 0 spiro atoms. The number of amides is 3. The molecule has 0 fully saturated rings. The first-order chi connectivity index (χ1) is 9.27. The molecule has 0 aliphatic rings. The molecule has 7 heteroatoms. The van der Waals surface area contributed by atoms with Crippen molar-refractivity contribution >= 4 is 17.9 Å². The molecule has 0 radical (unpaired) electrons. The van der Waals surface area contributed by atoms with Crippen LogP contribution in [0.25, 0.3) is 0 Å². The number of rotatable bonds is 8. The van der Waals surface area contributed by atoms with E-state index in [-0.39, 0.29) is 18.2 Å². The van der Waals surface area contributed by atoms with E-state index >= 15 is 0 Å². The van der Waals surface area contributed by atoms with Gasteiger partial charge in [-0.15, -0.1) is 0 Å². The third-order valence-corrected chi connectivity index (χ3v) is 2.81.